The van der Waals surface area contributed by atoms with Crippen molar-refractivity contribution in [3.8, 4) is 0 Å². The molecule has 1 rings (SSSR count). The molecule has 0 spiro atoms. The fraction of sp³-hybridized carbons (Fsp3) is 0.455. The molecular weight excluding hydrogens is 256 g/mol. The van der Waals surface area contributed by atoms with E-state index in [0.717, 1.165) is 5.75 Å². The molecule has 96 valence electrons. The number of benzene rings is 1. The molecule has 0 heterocycles. The lowest BCUT2D eigenvalue weighted by molar-refractivity contribution is 0.570. The molecule has 1 atom stereocenters. The van der Waals surface area contributed by atoms with Crippen molar-refractivity contribution >= 4 is 27.5 Å². The van der Waals surface area contributed by atoms with Gasteiger partial charge in [0.2, 0.25) is 10.0 Å². The van der Waals surface area contributed by atoms with Gasteiger partial charge in [-0.2, -0.15) is 11.8 Å². The van der Waals surface area contributed by atoms with Gasteiger partial charge in [-0.15, -0.1) is 0 Å². The molecule has 17 heavy (non-hydrogen) atoms. The minimum absolute atomic E-state index is 0.0695. The van der Waals surface area contributed by atoms with Crippen LogP contribution < -0.4 is 10.5 Å². The molecule has 0 aliphatic rings. The Morgan fingerprint density at radius 1 is 1.41 bits per heavy atom. The highest BCUT2D eigenvalue weighted by molar-refractivity contribution is 7.98. The van der Waals surface area contributed by atoms with Gasteiger partial charge in [0, 0.05) is 17.5 Å². The van der Waals surface area contributed by atoms with E-state index in [9.17, 15) is 8.42 Å². The Morgan fingerprint density at radius 3 is 2.65 bits per heavy atom. The smallest absolute Gasteiger partial charge is 0.216 e. The molecule has 0 aliphatic heterocycles. The molecule has 0 fully saturated rings. The predicted octanol–water partition coefficient (Wildman–Crippen LogP) is 1.44. The zero-order valence-electron chi connectivity index (χ0n) is 10.0. The number of thioether (sulfide) groups is 1. The fourth-order valence-corrected chi connectivity index (χ4v) is 3.64. The fourth-order valence-electron chi connectivity index (χ4n) is 1.50. The first-order valence-electron chi connectivity index (χ1n) is 5.27. The lowest BCUT2D eigenvalue weighted by Gasteiger charge is -2.13. The summed E-state index contributed by atoms with van der Waals surface area (Å²) < 4.78 is 26.4. The molecule has 0 saturated carbocycles. The summed E-state index contributed by atoms with van der Waals surface area (Å²) in [5.74, 6) is 0.682. The summed E-state index contributed by atoms with van der Waals surface area (Å²) >= 11 is 1.61. The van der Waals surface area contributed by atoms with Crippen molar-refractivity contribution in [2.45, 2.75) is 18.7 Å². The van der Waals surface area contributed by atoms with E-state index < -0.39 is 10.0 Å². The predicted molar refractivity (Wildman–Crippen MR) is 74.5 cm³/mol. The summed E-state index contributed by atoms with van der Waals surface area (Å²) in [5.41, 5.74) is 6.87. The topological polar surface area (TPSA) is 72.2 Å². The van der Waals surface area contributed by atoms with Crippen LogP contribution in [-0.2, 0) is 15.8 Å². The first kappa shape index (κ1) is 14.3. The molecule has 0 radical (unpaired) electrons. The van der Waals surface area contributed by atoms with E-state index in [4.69, 9.17) is 5.73 Å². The number of hydrogen-bond acceptors (Lipinski definition) is 4. The molecule has 3 N–H and O–H groups in total. The monoisotopic (exact) mass is 274 g/mol. The number of nitrogens with two attached hydrogens (primary N) is 1. The van der Waals surface area contributed by atoms with Crippen LogP contribution in [0.2, 0.25) is 0 Å². The summed E-state index contributed by atoms with van der Waals surface area (Å²) in [6, 6.07) is 6.94. The van der Waals surface area contributed by atoms with Crippen molar-refractivity contribution in [2.75, 3.05) is 17.7 Å². The van der Waals surface area contributed by atoms with E-state index in [1.54, 1.807) is 36.0 Å². The number of nitrogens with one attached hydrogen (secondary N) is 1. The van der Waals surface area contributed by atoms with Crippen LogP contribution in [0.1, 0.15) is 12.5 Å². The van der Waals surface area contributed by atoms with Gasteiger partial charge in [-0.05, 0) is 24.8 Å². The van der Waals surface area contributed by atoms with E-state index >= 15 is 0 Å². The second-order valence-corrected chi connectivity index (χ2v) is 6.60. The average molecular weight is 274 g/mol. The summed E-state index contributed by atoms with van der Waals surface area (Å²) in [4.78, 5) is 0. The highest BCUT2D eigenvalue weighted by Gasteiger charge is 2.16. The van der Waals surface area contributed by atoms with E-state index in [-0.39, 0.29) is 11.8 Å². The molecule has 1 unspecified atom stereocenters. The van der Waals surface area contributed by atoms with Gasteiger partial charge in [-0.3, -0.25) is 0 Å². The van der Waals surface area contributed by atoms with Crippen molar-refractivity contribution in [3.63, 3.8) is 0 Å². The minimum atomic E-state index is -3.32. The van der Waals surface area contributed by atoms with E-state index in [0.29, 0.717) is 11.3 Å². The third kappa shape index (κ3) is 4.97. The van der Waals surface area contributed by atoms with E-state index in [1.165, 1.54) is 0 Å². The highest BCUT2D eigenvalue weighted by atomic mass is 32.2. The Morgan fingerprint density at radius 2 is 2.06 bits per heavy atom. The maximum Gasteiger partial charge on any atom is 0.216 e. The number of sulfonamides is 1. The number of rotatable bonds is 6. The van der Waals surface area contributed by atoms with Crippen molar-refractivity contribution in [1.82, 2.24) is 4.72 Å². The number of hydrogen-bond donors (Lipinski definition) is 2. The Balaban J connectivity index is 2.70. The van der Waals surface area contributed by atoms with Gasteiger partial charge in [0.05, 0.1) is 5.75 Å². The molecule has 0 saturated heterocycles. The lowest BCUT2D eigenvalue weighted by atomic mass is 10.2. The maximum atomic E-state index is 11.9. The standard InChI is InChI=1S/C11H18N2O2S2/c1-9(7-16-2)13-17(14,15)8-10-5-3-4-6-11(10)12/h3-6,9,13H,7-8,12H2,1-2H3. The molecule has 6 heteroatoms. The van der Waals surface area contributed by atoms with Gasteiger partial charge in [0.1, 0.15) is 0 Å². The quantitative estimate of drug-likeness (QED) is 0.770. The Labute approximate surface area is 107 Å². The summed E-state index contributed by atoms with van der Waals surface area (Å²) in [5, 5.41) is 0. The molecule has 1 aromatic carbocycles. The van der Waals surface area contributed by atoms with Gasteiger partial charge >= 0.3 is 0 Å². The zero-order chi connectivity index (χ0) is 12.9. The molecule has 0 aromatic heterocycles. The van der Waals surface area contributed by atoms with Gasteiger partial charge in [-0.25, -0.2) is 13.1 Å². The van der Waals surface area contributed by atoms with Gasteiger partial charge in [0.25, 0.3) is 0 Å². The van der Waals surface area contributed by atoms with Crippen LogP contribution >= 0.6 is 11.8 Å². The molecular formula is C11H18N2O2S2. The Hall–Kier alpha value is -0.720. The van der Waals surface area contributed by atoms with Crippen molar-refractivity contribution < 1.29 is 8.42 Å². The lowest BCUT2D eigenvalue weighted by Crippen LogP contribution is -2.35. The van der Waals surface area contributed by atoms with Crippen LogP contribution in [-0.4, -0.2) is 26.5 Å². The zero-order valence-corrected chi connectivity index (χ0v) is 11.6. The van der Waals surface area contributed by atoms with Crippen LogP contribution in [0.25, 0.3) is 0 Å². The van der Waals surface area contributed by atoms with Crippen LogP contribution in [0, 0.1) is 0 Å². The van der Waals surface area contributed by atoms with Crippen molar-refractivity contribution in [3.05, 3.63) is 29.8 Å². The largest absolute Gasteiger partial charge is 0.398 e. The van der Waals surface area contributed by atoms with Gasteiger partial charge in [-0.1, -0.05) is 18.2 Å². The molecule has 0 amide bonds. The van der Waals surface area contributed by atoms with Gasteiger partial charge in [0.15, 0.2) is 0 Å². The Bertz CT molecular complexity index is 460. The van der Waals surface area contributed by atoms with Crippen LogP contribution in [0.4, 0.5) is 5.69 Å². The van der Waals surface area contributed by atoms with E-state index in [2.05, 4.69) is 4.72 Å². The Kier molecular flexibility index (Phi) is 5.30. The molecule has 4 nitrogen and oxygen atoms in total. The summed E-state index contributed by atoms with van der Waals surface area (Å²) in [6.45, 7) is 1.85. The normalized spacial score (nSPS) is 13.5. The van der Waals surface area contributed by atoms with Crippen LogP contribution in [0.3, 0.4) is 0 Å². The third-order valence-electron chi connectivity index (χ3n) is 2.20. The maximum absolute atomic E-state index is 11.9. The van der Waals surface area contributed by atoms with Crippen molar-refractivity contribution in [2.24, 2.45) is 0 Å². The molecule has 0 aliphatic carbocycles. The molecule has 0 bridgehead atoms. The molecule has 1 aromatic rings. The third-order valence-corrected chi connectivity index (χ3v) is 4.48. The number of nitrogen functional groups attached to an aromatic ring is 1. The van der Waals surface area contributed by atoms with Crippen molar-refractivity contribution in [1.29, 1.82) is 0 Å². The van der Waals surface area contributed by atoms with Crippen LogP contribution in [0.5, 0.6) is 0 Å². The highest BCUT2D eigenvalue weighted by Crippen LogP contribution is 2.14. The summed E-state index contributed by atoms with van der Waals surface area (Å²) in [6.07, 6.45) is 1.94. The second-order valence-electron chi connectivity index (χ2n) is 3.93. The first-order chi connectivity index (χ1) is 7.94. The first-order valence-corrected chi connectivity index (χ1v) is 8.31. The average Bonchev–Trinajstić information content (AvgIpc) is 2.20. The van der Waals surface area contributed by atoms with Crippen LogP contribution in [0.15, 0.2) is 24.3 Å². The van der Waals surface area contributed by atoms with Gasteiger partial charge < -0.3 is 5.73 Å². The number of anilines is 1. The SMILES string of the molecule is CSCC(C)NS(=O)(=O)Cc1ccccc1N. The minimum Gasteiger partial charge on any atom is -0.398 e. The van der Waals surface area contributed by atoms with E-state index in [1.807, 2.05) is 13.2 Å². The summed E-state index contributed by atoms with van der Waals surface area (Å²) in [7, 11) is -3.32. The second kappa shape index (κ2) is 6.28. The number of para-hydroxylation sites is 1.